The average molecular weight is 319 g/mol. The molecule has 1 aromatic rings. The van der Waals surface area contributed by atoms with Crippen LogP contribution in [-0.2, 0) is 15.6 Å². The molecule has 0 radical (unpaired) electrons. The van der Waals surface area contributed by atoms with Crippen molar-refractivity contribution in [3.05, 3.63) is 30.3 Å². The number of aromatic nitrogens is 2. The van der Waals surface area contributed by atoms with Crippen LogP contribution in [0.3, 0.4) is 0 Å². The van der Waals surface area contributed by atoms with E-state index in [0.29, 0.717) is 24.4 Å². The highest BCUT2D eigenvalue weighted by Crippen LogP contribution is 2.33. The summed E-state index contributed by atoms with van der Waals surface area (Å²) in [5, 5.41) is 5.92. The van der Waals surface area contributed by atoms with Crippen LogP contribution in [0.2, 0.25) is 0 Å². The molecule has 0 saturated heterocycles. The third kappa shape index (κ3) is 4.87. The molecule has 9 heteroatoms. The van der Waals surface area contributed by atoms with Crippen molar-refractivity contribution >= 4 is 17.2 Å². The summed E-state index contributed by atoms with van der Waals surface area (Å²) in [6.45, 7) is 7.40. The molecule has 0 aromatic carbocycles. The van der Waals surface area contributed by atoms with E-state index in [-0.39, 0.29) is 17.7 Å². The van der Waals surface area contributed by atoms with E-state index in [2.05, 4.69) is 28.1 Å². The van der Waals surface area contributed by atoms with Crippen molar-refractivity contribution in [1.82, 2.24) is 15.1 Å². The fraction of sp³-hybridized carbons (Fsp3) is 0.417. The Morgan fingerprint density at radius 1 is 1.38 bits per heavy atom. The zero-order valence-electron chi connectivity index (χ0n) is 11.4. The third-order valence-electron chi connectivity index (χ3n) is 2.28. The van der Waals surface area contributed by atoms with Crippen LogP contribution in [0, 0.1) is 0 Å². The van der Waals surface area contributed by atoms with Crippen molar-refractivity contribution in [2.45, 2.75) is 6.11 Å². The summed E-state index contributed by atoms with van der Waals surface area (Å²) in [6.07, 6.45) is -0.409. The largest absolute Gasteiger partial charge is 0.459 e. The molecule has 0 N–H and O–H groups in total. The summed E-state index contributed by atoms with van der Waals surface area (Å²) in [7, 11) is 0.855. The first-order chi connectivity index (χ1) is 9.94. The van der Waals surface area contributed by atoms with E-state index in [0.717, 1.165) is 7.11 Å². The molecule has 0 saturated carbocycles. The van der Waals surface area contributed by atoms with E-state index >= 15 is 0 Å². The van der Waals surface area contributed by atoms with E-state index in [9.17, 15) is 13.6 Å². The molecule has 0 aliphatic rings. The molecule has 0 fully saturated rings. The topological polar surface area (TPSA) is 64.6 Å². The summed E-state index contributed by atoms with van der Waals surface area (Å²) in [4.78, 5) is 13.3. The highest BCUT2D eigenvalue weighted by Gasteiger charge is 2.36. The molecule has 0 aliphatic heterocycles. The zero-order chi connectivity index (χ0) is 15.9. The minimum absolute atomic E-state index is 0.132. The molecule has 0 unspecified atom stereocenters. The normalized spacial score (nSPS) is 11.0. The number of carbonyl (C=O) groups excluding carboxylic acids is 1. The number of alkyl halides is 2. The zero-order valence-corrected chi connectivity index (χ0v) is 12.2. The average Bonchev–Trinajstić information content (AvgIpc) is 2.94. The van der Waals surface area contributed by atoms with E-state index in [4.69, 9.17) is 4.74 Å². The van der Waals surface area contributed by atoms with Gasteiger partial charge in [0.2, 0.25) is 5.01 Å². The van der Waals surface area contributed by atoms with Crippen LogP contribution in [0.15, 0.2) is 25.3 Å². The second kappa shape index (κ2) is 7.79. The molecule has 1 rings (SSSR count). The summed E-state index contributed by atoms with van der Waals surface area (Å²) < 4.78 is 35.4. The number of hydrogen-bond donors (Lipinski definition) is 0. The molecule has 1 amide bonds. The lowest BCUT2D eigenvalue weighted by molar-refractivity contribution is -0.231. The SMILES string of the molecule is C=CCN(CC=C)C(=O)COc1nnc(C(F)(F)OC)s1. The van der Waals surface area contributed by atoms with Crippen LogP contribution in [-0.4, -0.2) is 47.8 Å². The third-order valence-corrected chi connectivity index (χ3v) is 3.17. The van der Waals surface area contributed by atoms with Crippen LogP contribution in [0.4, 0.5) is 8.78 Å². The van der Waals surface area contributed by atoms with Gasteiger partial charge in [0.15, 0.2) is 6.61 Å². The minimum Gasteiger partial charge on any atom is -0.459 e. The maximum atomic E-state index is 13.2. The van der Waals surface area contributed by atoms with Crippen LogP contribution >= 0.6 is 11.3 Å². The number of carbonyl (C=O) groups is 1. The molecular weight excluding hydrogens is 304 g/mol. The summed E-state index contributed by atoms with van der Waals surface area (Å²) in [5.41, 5.74) is 0. The number of ether oxygens (including phenoxy) is 2. The molecule has 0 atom stereocenters. The Morgan fingerprint density at radius 3 is 2.52 bits per heavy atom. The minimum atomic E-state index is -3.53. The highest BCUT2D eigenvalue weighted by atomic mass is 32.1. The Kier molecular flexibility index (Phi) is 6.38. The smallest absolute Gasteiger partial charge is 0.411 e. The number of rotatable bonds is 9. The Bertz CT molecular complexity index is 498. The fourth-order valence-electron chi connectivity index (χ4n) is 1.28. The second-order valence-electron chi connectivity index (χ2n) is 3.76. The molecule has 116 valence electrons. The fourth-order valence-corrected chi connectivity index (χ4v) is 1.93. The van der Waals surface area contributed by atoms with Gasteiger partial charge < -0.3 is 14.4 Å². The predicted molar refractivity (Wildman–Crippen MR) is 73.3 cm³/mol. The van der Waals surface area contributed by atoms with Crippen molar-refractivity contribution in [2.24, 2.45) is 0 Å². The summed E-state index contributed by atoms with van der Waals surface area (Å²) in [6, 6.07) is 0. The van der Waals surface area contributed by atoms with Gasteiger partial charge in [-0.25, -0.2) is 0 Å². The summed E-state index contributed by atoms with van der Waals surface area (Å²) >= 11 is 0.514. The number of methoxy groups -OCH3 is 1. The van der Waals surface area contributed by atoms with Gasteiger partial charge in [-0.2, -0.15) is 8.78 Å². The standard InChI is InChI=1S/C12H15F2N3O3S/c1-4-6-17(7-5-2)9(18)8-20-11-16-15-10(21-11)12(13,14)19-3/h4-5H,1-2,6-8H2,3H3. The molecule has 0 bridgehead atoms. The molecule has 1 aromatic heterocycles. The summed E-state index contributed by atoms with van der Waals surface area (Å²) in [5.74, 6) is -0.343. The Balaban J connectivity index is 2.60. The lowest BCUT2D eigenvalue weighted by Crippen LogP contribution is -2.35. The van der Waals surface area contributed by atoms with Gasteiger partial charge in [-0.1, -0.05) is 28.6 Å². The Labute approximate surface area is 124 Å². The van der Waals surface area contributed by atoms with Gasteiger partial charge >= 0.3 is 6.11 Å². The quantitative estimate of drug-likeness (QED) is 0.650. The lowest BCUT2D eigenvalue weighted by Gasteiger charge is -2.18. The van der Waals surface area contributed by atoms with Crippen molar-refractivity contribution < 1.29 is 23.0 Å². The van der Waals surface area contributed by atoms with Crippen LogP contribution in [0.5, 0.6) is 5.19 Å². The second-order valence-corrected chi connectivity index (χ2v) is 4.70. The van der Waals surface area contributed by atoms with Gasteiger partial charge in [-0.3, -0.25) is 4.79 Å². The van der Waals surface area contributed by atoms with Crippen LogP contribution in [0.1, 0.15) is 5.01 Å². The van der Waals surface area contributed by atoms with E-state index in [1.165, 1.54) is 4.90 Å². The van der Waals surface area contributed by atoms with E-state index in [1.807, 2.05) is 0 Å². The molecular formula is C12H15F2N3O3S. The van der Waals surface area contributed by atoms with Crippen molar-refractivity contribution in [1.29, 1.82) is 0 Å². The monoisotopic (exact) mass is 319 g/mol. The number of hydrogen-bond acceptors (Lipinski definition) is 6. The van der Waals surface area contributed by atoms with Crippen molar-refractivity contribution in [3.63, 3.8) is 0 Å². The predicted octanol–water partition coefficient (Wildman–Crippen LogP) is 1.81. The van der Waals surface area contributed by atoms with E-state index < -0.39 is 11.1 Å². The van der Waals surface area contributed by atoms with Gasteiger partial charge in [-0.15, -0.1) is 18.3 Å². The number of amides is 1. The van der Waals surface area contributed by atoms with E-state index in [1.54, 1.807) is 12.2 Å². The van der Waals surface area contributed by atoms with Gasteiger partial charge in [0.05, 0.1) is 0 Å². The van der Waals surface area contributed by atoms with Gasteiger partial charge in [0.1, 0.15) is 0 Å². The Hall–Kier alpha value is -1.87. The maximum Gasteiger partial charge on any atom is 0.411 e. The number of nitrogens with zero attached hydrogens (tertiary/aromatic N) is 3. The van der Waals surface area contributed by atoms with Crippen LogP contribution in [0.25, 0.3) is 0 Å². The van der Waals surface area contributed by atoms with Gasteiger partial charge in [0.25, 0.3) is 11.1 Å². The first-order valence-electron chi connectivity index (χ1n) is 5.84. The number of halogens is 2. The maximum absolute atomic E-state index is 13.2. The van der Waals surface area contributed by atoms with Gasteiger partial charge in [-0.05, 0) is 0 Å². The van der Waals surface area contributed by atoms with Crippen molar-refractivity contribution in [3.8, 4) is 5.19 Å². The highest BCUT2D eigenvalue weighted by molar-refractivity contribution is 7.13. The molecule has 0 aliphatic carbocycles. The molecule has 6 nitrogen and oxygen atoms in total. The van der Waals surface area contributed by atoms with Crippen molar-refractivity contribution in [2.75, 3.05) is 26.8 Å². The first kappa shape index (κ1) is 17.2. The lowest BCUT2D eigenvalue weighted by atomic mass is 10.4. The Morgan fingerprint density at radius 2 is 2.00 bits per heavy atom. The van der Waals surface area contributed by atoms with Gasteiger partial charge in [0, 0.05) is 20.2 Å². The first-order valence-corrected chi connectivity index (χ1v) is 6.65. The molecule has 1 heterocycles. The van der Waals surface area contributed by atoms with Crippen LogP contribution < -0.4 is 4.74 Å². The molecule has 21 heavy (non-hydrogen) atoms. The molecule has 0 spiro atoms.